The fourth-order valence-corrected chi connectivity index (χ4v) is 1.40. The van der Waals surface area contributed by atoms with Crippen LogP contribution in [-0.4, -0.2) is 29.1 Å². The SMILES string of the molecule is CC[C@H](C)[C@H](N)C(=O)N[C@@H](C(=O)O)C(C)(C)C. The van der Waals surface area contributed by atoms with Gasteiger partial charge >= 0.3 is 5.97 Å². The van der Waals surface area contributed by atoms with Crippen LogP contribution in [0.4, 0.5) is 0 Å². The summed E-state index contributed by atoms with van der Waals surface area (Å²) < 4.78 is 0. The van der Waals surface area contributed by atoms with Gasteiger partial charge in [0.2, 0.25) is 5.91 Å². The van der Waals surface area contributed by atoms with E-state index in [1.165, 1.54) is 0 Å². The molecule has 0 aromatic rings. The molecule has 0 saturated heterocycles. The van der Waals surface area contributed by atoms with Crippen molar-refractivity contribution in [3.8, 4) is 0 Å². The zero-order valence-corrected chi connectivity index (χ0v) is 11.3. The minimum atomic E-state index is -1.04. The molecule has 0 radical (unpaired) electrons. The van der Waals surface area contributed by atoms with Crippen molar-refractivity contribution >= 4 is 11.9 Å². The Kier molecular flexibility index (Phi) is 5.61. The van der Waals surface area contributed by atoms with E-state index in [-0.39, 0.29) is 5.92 Å². The van der Waals surface area contributed by atoms with E-state index in [1.54, 1.807) is 20.8 Å². The third-order valence-electron chi connectivity index (χ3n) is 2.96. The molecule has 0 aliphatic carbocycles. The van der Waals surface area contributed by atoms with Gasteiger partial charge in [-0.2, -0.15) is 0 Å². The third kappa shape index (κ3) is 4.73. The predicted octanol–water partition coefficient (Wildman–Crippen LogP) is 0.975. The van der Waals surface area contributed by atoms with Crippen LogP contribution < -0.4 is 11.1 Å². The van der Waals surface area contributed by atoms with E-state index in [4.69, 9.17) is 10.8 Å². The molecule has 5 heteroatoms. The molecular formula is C12H24N2O3. The second-order valence-electron chi connectivity index (χ2n) is 5.56. The molecule has 17 heavy (non-hydrogen) atoms. The molecule has 0 rings (SSSR count). The second-order valence-corrected chi connectivity index (χ2v) is 5.56. The van der Waals surface area contributed by atoms with Crippen LogP contribution in [0.3, 0.4) is 0 Å². The van der Waals surface area contributed by atoms with E-state index in [9.17, 15) is 9.59 Å². The summed E-state index contributed by atoms with van der Waals surface area (Å²) in [5.74, 6) is -1.41. The van der Waals surface area contributed by atoms with Crippen LogP contribution in [0.1, 0.15) is 41.0 Å². The summed E-state index contributed by atoms with van der Waals surface area (Å²) in [6.45, 7) is 9.11. The average Bonchev–Trinajstić information content (AvgIpc) is 2.21. The van der Waals surface area contributed by atoms with Crippen LogP contribution in [0.25, 0.3) is 0 Å². The standard InChI is InChI=1S/C12H24N2O3/c1-6-7(2)8(13)10(15)14-9(11(16)17)12(3,4)5/h7-9H,6,13H2,1-5H3,(H,14,15)(H,16,17)/t7-,8-,9-/m0/s1. The lowest BCUT2D eigenvalue weighted by molar-refractivity contribution is -0.145. The molecule has 0 aromatic carbocycles. The first-order chi connectivity index (χ1) is 7.61. The number of carboxylic acid groups (broad SMARTS) is 1. The number of carboxylic acids is 1. The molecule has 100 valence electrons. The van der Waals surface area contributed by atoms with E-state index < -0.39 is 29.4 Å². The molecule has 0 spiro atoms. The molecule has 0 saturated carbocycles. The Morgan fingerprint density at radius 3 is 2.12 bits per heavy atom. The molecule has 1 amide bonds. The van der Waals surface area contributed by atoms with Gasteiger partial charge in [0.1, 0.15) is 6.04 Å². The summed E-state index contributed by atoms with van der Waals surface area (Å²) in [4.78, 5) is 22.9. The minimum absolute atomic E-state index is 0.0319. The topological polar surface area (TPSA) is 92.4 Å². The molecule has 0 aliphatic heterocycles. The maximum absolute atomic E-state index is 11.8. The fourth-order valence-electron chi connectivity index (χ4n) is 1.40. The van der Waals surface area contributed by atoms with Crippen molar-refractivity contribution < 1.29 is 14.7 Å². The van der Waals surface area contributed by atoms with Gasteiger partial charge in [-0.25, -0.2) is 4.79 Å². The van der Waals surface area contributed by atoms with Crippen LogP contribution in [0, 0.1) is 11.3 Å². The Morgan fingerprint density at radius 2 is 1.82 bits per heavy atom. The van der Waals surface area contributed by atoms with Crippen LogP contribution in [-0.2, 0) is 9.59 Å². The average molecular weight is 244 g/mol. The van der Waals surface area contributed by atoms with Gasteiger partial charge in [0.25, 0.3) is 0 Å². The van der Waals surface area contributed by atoms with Gasteiger partial charge in [-0.15, -0.1) is 0 Å². The van der Waals surface area contributed by atoms with E-state index in [0.29, 0.717) is 0 Å². The largest absolute Gasteiger partial charge is 0.480 e. The highest BCUT2D eigenvalue weighted by atomic mass is 16.4. The van der Waals surface area contributed by atoms with Gasteiger partial charge in [-0.05, 0) is 11.3 Å². The maximum Gasteiger partial charge on any atom is 0.326 e. The molecule has 0 aliphatic rings. The van der Waals surface area contributed by atoms with Crippen molar-refractivity contribution in [1.82, 2.24) is 5.32 Å². The summed E-state index contributed by atoms with van der Waals surface area (Å²) in [5.41, 5.74) is 5.21. The number of hydrogen-bond donors (Lipinski definition) is 3. The van der Waals surface area contributed by atoms with Gasteiger partial charge in [0.05, 0.1) is 6.04 Å². The highest BCUT2D eigenvalue weighted by Gasteiger charge is 2.34. The molecular weight excluding hydrogens is 220 g/mol. The molecule has 4 N–H and O–H groups in total. The van der Waals surface area contributed by atoms with Gasteiger partial charge in [-0.1, -0.05) is 41.0 Å². The first-order valence-electron chi connectivity index (χ1n) is 5.90. The summed E-state index contributed by atoms with van der Waals surface area (Å²) in [6.07, 6.45) is 0.780. The minimum Gasteiger partial charge on any atom is -0.480 e. The number of amides is 1. The Hall–Kier alpha value is -1.10. The Balaban J connectivity index is 4.69. The van der Waals surface area contributed by atoms with Gasteiger partial charge in [0, 0.05) is 0 Å². The lowest BCUT2D eigenvalue weighted by Gasteiger charge is -2.29. The predicted molar refractivity (Wildman–Crippen MR) is 66.5 cm³/mol. The molecule has 0 aromatic heterocycles. The lowest BCUT2D eigenvalue weighted by atomic mass is 9.86. The smallest absolute Gasteiger partial charge is 0.326 e. The third-order valence-corrected chi connectivity index (χ3v) is 2.96. The highest BCUT2D eigenvalue weighted by Crippen LogP contribution is 2.19. The van der Waals surface area contributed by atoms with Crippen molar-refractivity contribution in [2.24, 2.45) is 17.1 Å². The summed E-state index contributed by atoms with van der Waals surface area (Å²) in [7, 11) is 0. The Morgan fingerprint density at radius 1 is 1.35 bits per heavy atom. The van der Waals surface area contributed by atoms with Gasteiger partial charge < -0.3 is 16.2 Å². The fraction of sp³-hybridized carbons (Fsp3) is 0.833. The van der Waals surface area contributed by atoms with E-state index in [2.05, 4.69) is 5.32 Å². The summed E-state index contributed by atoms with van der Waals surface area (Å²) in [5, 5.41) is 11.6. The zero-order valence-electron chi connectivity index (χ0n) is 11.3. The van der Waals surface area contributed by atoms with Crippen LogP contribution in [0.2, 0.25) is 0 Å². The van der Waals surface area contributed by atoms with Crippen molar-refractivity contribution in [3.05, 3.63) is 0 Å². The Labute approximate surface area is 103 Å². The van der Waals surface area contributed by atoms with Crippen molar-refractivity contribution in [3.63, 3.8) is 0 Å². The quantitative estimate of drug-likeness (QED) is 0.672. The van der Waals surface area contributed by atoms with E-state index in [0.717, 1.165) is 6.42 Å². The normalized spacial score (nSPS) is 17.1. The first kappa shape index (κ1) is 15.9. The van der Waals surface area contributed by atoms with Crippen LogP contribution >= 0.6 is 0 Å². The van der Waals surface area contributed by atoms with Crippen molar-refractivity contribution in [2.45, 2.75) is 53.1 Å². The monoisotopic (exact) mass is 244 g/mol. The number of rotatable bonds is 5. The maximum atomic E-state index is 11.8. The summed E-state index contributed by atoms with van der Waals surface area (Å²) >= 11 is 0. The van der Waals surface area contributed by atoms with Crippen LogP contribution in [0.5, 0.6) is 0 Å². The number of aliphatic carboxylic acids is 1. The number of carbonyl (C=O) groups is 2. The molecule has 0 unspecified atom stereocenters. The first-order valence-corrected chi connectivity index (χ1v) is 5.90. The highest BCUT2D eigenvalue weighted by molar-refractivity contribution is 5.87. The van der Waals surface area contributed by atoms with Crippen molar-refractivity contribution in [2.75, 3.05) is 0 Å². The number of hydrogen-bond acceptors (Lipinski definition) is 3. The molecule has 3 atom stereocenters. The van der Waals surface area contributed by atoms with Gasteiger partial charge in [-0.3, -0.25) is 4.79 Å². The molecule has 0 bridgehead atoms. The van der Waals surface area contributed by atoms with Gasteiger partial charge in [0.15, 0.2) is 0 Å². The van der Waals surface area contributed by atoms with Crippen LogP contribution in [0.15, 0.2) is 0 Å². The van der Waals surface area contributed by atoms with E-state index >= 15 is 0 Å². The second kappa shape index (κ2) is 6.00. The number of nitrogens with one attached hydrogen (secondary N) is 1. The summed E-state index contributed by atoms with van der Waals surface area (Å²) in [6, 6.07) is -1.59. The molecule has 0 heterocycles. The lowest BCUT2D eigenvalue weighted by Crippen LogP contribution is -2.55. The molecule has 0 fully saturated rings. The van der Waals surface area contributed by atoms with Crippen molar-refractivity contribution in [1.29, 1.82) is 0 Å². The number of carbonyl (C=O) groups excluding carboxylic acids is 1. The van der Waals surface area contributed by atoms with E-state index in [1.807, 2.05) is 13.8 Å². The molecule has 5 nitrogen and oxygen atoms in total. The number of nitrogens with two attached hydrogens (primary N) is 1. The Bertz CT molecular complexity index is 284. The zero-order chi connectivity index (χ0) is 13.8.